The standard InChI is InChI=1S/C17H21N3/c1-2-8-14(9-3-1)20-16-10-11-18-12-15(16)19-17(20)13-6-4-5-7-13/h1-3,8-9,13,18H,4-7,10-12H2. The molecule has 1 saturated carbocycles. The minimum atomic E-state index is 0.654. The largest absolute Gasteiger partial charge is 0.311 e. The van der Waals surface area contributed by atoms with Crippen molar-refractivity contribution in [3.63, 3.8) is 0 Å². The number of para-hydroxylation sites is 1. The van der Waals surface area contributed by atoms with Crippen LogP contribution < -0.4 is 5.32 Å². The van der Waals surface area contributed by atoms with Crippen LogP contribution in [-0.4, -0.2) is 16.1 Å². The van der Waals surface area contributed by atoms with Crippen molar-refractivity contribution < 1.29 is 0 Å². The molecule has 0 unspecified atom stereocenters. The first-order chi connectivity index (χ1) is 9.93. The van der Waals surface area contributed by atoms with Crippen molar-refractivity contribution in [3.8, 4) is 5.69 Å². The predicted octanol–water partition coefficient (Wildman–Crippen LogP) is 3.18. The Bertz CT molecular complexity index is 594. The van der Waals surface area contributed by atoms with E-state index in [0.717, 1.165) is 19.5 Å². The molecule has 1 aliphatic carbocycles. The number of benzene rings is 1. The van der Waals surface area contributed by atoms with Gasteiger partial charge in [-0.25, -0.2) is 4.98 Å². The van der Waals surface area contributed by atoms with Gasteiger partial charge in [0, 0.05) is 36.8 Å². The molecular formula is C17H21N3. The zero-order valence-corrected chi connectivity index (χ0v) is 11.8. The van der Waals surface area contributed by atoms with Crippen molar-refractivity contribution in [1.82, 2.24) is 14.9 Å². The Balaban J connectivity index is 1.87. The zero-order valence-electron chi connectivity index (χ0n) is 11.8. The molecule has 1 N–H and O–H groups in total. The molecule has 0 spiro atoms. The maximum absolute atomic E-state index is 5.01. The molecule has 2 aliphatic rings. The fourth-order valence-corrected chi connectivity index (χ4v) is 3.65. The molecule has 0 atom stereocenters. The van der Waals surface area contributed by atoms with E-state index < -0.39 is 0 Å². The van der Waals surface area contributed by atoms with Crippen molar-refractivity contribution in [2.24, 2.45) is 0 Å². The Morgan fingerprint density at radius 3 is 2.70 bits per heavy atom. The first kappa shape index (κ1) is 12.2. The maximum atomic E-state index is 5.01. The first-order valence-corrected chi connectivity index (χ1v) is 7.80. The molecule has 4 rings (SSSR count). The van der Waals surface area contributed by atoms with Crippen LogP contribution in [0.3, 0.4) is 0 Å². The van der Waals surface area contributed by atoms with Crippen LogP contribution in [-0.2, 0) is 13.0 Å². The fourth-order valence-electron chi connectivity index (χ4n) is 3.65. The van der Waals surface area contributed by atoms with Gasteiger partial charge >= 0.3 is 0 Å². The zero-order chi connectivity index (χ0) is 13.4. The summed E-state index contributed by atoms with van der Waals surface area (Å²) in [7, 11) is 0. The highest BCUT2D eigenvalue weighted by molar-refractivity contribution is 5.39. The fraction of sp³-hybridized carbons (Fsp3) is 0.471. The van der Waals surface area contributed by atoms with Gasteiger partial charge in [-0.15, -0.1) is 0 Å². The van der Waals surface area contributed by atoms with Crippen molar-refractivity contribution >= 4 is 0 Å². The summed E-state index contributed by atoms with van der Waals surface area (Å²) in [4.78, 5) is 5.01. The predicted molar refractivity (Wildman–Crippen MR) is 80.2 cm³/mol. The molecule has 2 heterocycles. The van der Waals surface area contributed by atoms with Gasteiger partial charge in [0.15, 0.2) is 0 Å². The molecule has 3 nitrogen and oxygen atoms in total. The Kier molecular flexibility index (Phi) is 3.07. The quantitative estimate of drug-likeness (QED) is 0.905. The van der Waals surface area contributed by atoms with Crippen LogP contribution >= 0.6 is 0 Å². The van der Waals surface area contributed by atoms with Crippen LogP contribution in [0.1, 0.15) is 48.8 Å². The van der Waals surface area contributed by atoms with E-state index in [1.165, 1.54) is 48.6 Å². The average molecular weight is 267 g/mol. The summed E-state index contributed by atoms with van der Waals surface area (Å²) in [6.45, 7) is 1.99. The third-order valence-corrected chi connectivity index (χ3v) is 4.65. The third-order valence-electron chi connectivity index (χ3n) is 4.65. The lowest BCUT2D eigenvalue weighted by molar-refractivity contribution is 0.618. The van der Waals surface area contributed by atoms with Gasteiger partial charge in [-0.2, -0.15) is 0 Å². The van der Waals surface area contributed by atoms with E-state index in [-0.39, 0.29) is 0 Å². The van der Waals surface area contributed by atoms with Crippen LogP contribution in [0.4, 0.5) is 0 Å². The minimum absolute atomic E-state index is 0.654. The maximum Gasteiger partial charge on any atom is 0.116 e. The van der Waals surface area contributed by atoms with Gasteiger partial charge in [0.2, 0.25) is 0 Å². The summed E-state index contributed by atoms with van der Waals surface area (Å²) < 4.78 is 2.45. The lowest BCUT2D eigenvalue weighted by atomic mass is 10.1. The number of hydrogen-bond acceptors (Lipinski definition) is 2. The van der Waals surface area contributed by atoms with Crippen molar-refractivity contribution in [2.45, 2.75) is 44.6 Å². The Morgan fingerprint density at radius 1 is 1.10 bits per heavy atom. The molecule has 0 bridgehead atoms. The monoisotopic (exact) mass is 267 g/mol. The highest BCUT2D eigenvalue weighted by Crippen LogP contribution is 2.36. The van der Waals surface area contributed by atoms with Crippen LogP contribution in [0.15, 0.2) is 30.3 Å². The second kappa shape index (κ2) is 5.06. The van der Waals surface area contributed by atoms with Crippen LogP contribution in [0.25, 0.3) is 5.69 Å². The molecule has 2 aromatic rings. The van der Waals surface area contributed by atoms with E-state index in [4.69, 9.17) is 4.98 Å². The highest BCUT2D eigenvalue weighted by atomic mass is 15.1. The minimum Gasteiger partial charge on any atom is -0.311 e. The smallest absolute Gasteiger partial charge is 0.116 e. The number of nitrogens with zero attached hydrogens (tertiary/aromatic N) is 2. The second-order valence-electron chi connectivity index (χ2n) is 5.94. The molecule has 3 heteroatoms. The molecule has 20 heavy (non-hydrogen) atoms. The van der Waals surface area contributed by atoms with Gasteiger partial charge in [-0.1, -0.05) is 31.0 Å². The van der Waals surface area contributed by atoms with Crippen molar-refractivity contribution in [3.05, 3.63) is 47.5 Å². The summed E-state index contributed by atoms with van der Waals surface area (Å²) in [5, 5.41) is 3.45. The van der Waals surface area contributed by atoms with Crippen molar-refractivity contribution in [2.75, 3.05) is 6.54 Å². The molecule has 0 saturated heterocycles. The molecule has 1 aromatic heterocycles. The van der Waals surface area contributed by atoms with Crippen molar-refractivity contribution in [1.29, 1.82) is 0 Å². The lowest BCUT2D eigenvalue weighted by Crippen LogP contribution is -2.24. The summed E-state index contributed by atoms with van der Waals surface area (Å²) in [6, 6.07) is 10.8. The van der Waals surface area contributed by atoms with E-state index >= 15 is 0 Å². The van der Waals surface area contributed by atoms with Gasteiger partial charge in [0.05, 0.1) is 5.69 Å². The van der Waals surface area contributed by atoms with Crippen LogP contribution in [0.2, 0.25) is 0 Å². The molecule has 1 aromatic carbocycles. The lowest BCUT2D eigenvalue weighted by Gasteiger charge is -2.18. The second-order valence-corrected chi connectivity index (χ2v) is 5.94. The molecule has 1 fully saturated rings. The van der Waals surface area contributed by atoms with E-state index in [1.54, 1.807) is 0 Å². The molecule has 1 aliphatic heterocycles. The van der Waals surface area contributed by atoms with E-state index in [9.17, 15) is 0 Å². The first-order valence-electron chi connectivity index (χ1n) is 7.80. The summed E-state index contributed by atoms with van der Waals surface area (Å²) in [6.07, 6.45) is 6.40. The van der Waals surface area contributed by atoms with Gasteiger partial charge < -0.3 is 9.88 Å². The van der Waals surface area contributed by atoms with Gasteiger partial charge in [0.1, 0.15) is 5.82 Å². The number of fused-ring (bicyclic) bond motifs is 1. The topological polar surface area (TPSA) is 29.9 Å². The number of rotatable bonds is 2. The Hall–Kier alpha value is -1.61. The van der Waals surface area contributed by atoms with E-state index in [0.29, 0.717) is 5.92 Å². The third kappa shape index (κ3) is 1.97. The molecule has 0 amide bonds. The van der Waals surface area contributed by atoms with Crippen LogP contribution in [0.5, 0.6) is 0 Å². The number of nitrogens with one attached hydrogen (secondary N) is 1. The SMILES string of the molecule is c1ccc(-n2c(C3CCCC3)nc3c2CCNC3)cc1. The number of aromatic nitrogens is 2. The summed E-state index contributed by atoms with van der Waals surface area (Å²) in [5.74, 6) is 1.96. The normalized spacial score (nSPS) is 19.2. The Morgan fingerprint density at radius 2 is 1.90 bits per heavy atom. The number of imidazole rings is 1. The molecular weight excluding hydrogens is 246 g/mol. The van der Waals surface area contributed by atoms with Crippen LogP contribution in [0, 0.1) is 0 Å². The van der Waals surface area contributed by atoms with E-state index in [2.05, 4.69) is 40.2 Å². The van der Waals surface area contributed by atoms with E-state index in [1.807, 2.05) is 0 Å². The highest BCUT2D eigenvalue weighted by Gasteiger charge is 2.27. The van der Waals surface area contributed by atoms with Gasteiger partial charge in [-0.3, -0.25) is 0 Å². The van der Waals surface area contributed by atoms with Gasteiger partial charge in [-0.05, 0) is 25.0 Å². The van der Waals surface area contributed by atoms with Gasteiger partial charge in [0.25, 0.3) is 0 Å². The summed E-state index contributed by atoms with van der Waals surface area (Å²) >= 11 is 0. The average Bonchev–Trinajstić information content (AvgIpc) is 3.15. The number of hydrogen-bond donors (Lipinski definition) is 1. The molecule has 104 valence electrons. The Labute approximate surface area is 120 Å². The molecule has 0 radical (unpaired) electrons. The summed E-state index contributed by atoms with van der Waals surface area (Å²) in [5.41, 5.74) is 3.98.